The second-order valence-electron chi connectivity index (χ2n) is 7.45. The van der Waals surface area contributed by atoms with Gasteiger partial charge in [-0.1, -0.05) is 77.0 Å². The lowest BCUT2D eigenvalue weighted by Gasteiger charge is -2.07. The van der Waals surface area contributed by atoms with Crippen molar-refractivity contribution >= 4 is 23.3 Å². The third-order valence-corrected chi connectivity index (χ3v) is 5.29. The van der Waals surface area contributed by atoms with Crippen molar-refractivity contribution in [3.05, 3.63) is 29.8 Å². The number of alkyl halides is 1. The van der Waals surface area contributed by atoms with Crippen molar-refractivity contribution in [1.29, 1.82) is 0 Å². The van der Waals surface area contributed by atoms with Gasteiger partial charge in [0.15, 0.2) is 0 Å². The topological polar surface area (TPSA) is 49.3 Å². The van der Waals surface area contributed by atoms with Gasteiger partial charge < -0.3 is 10.4 Å². The average molecular weight is 396 g/mol. The molecule has 0 atom stereocenters. The summed E-state index contributed by atoms with van der Waals surface area (Å²) < 4.78 is 0. The SMILES string of the molecule is O=C(O)c1ccc(NCCCCCCCCCCCCCCCCCl)cc1. The number of aromatic carboxylic acids is 1. The van der Waals surface area contributed by atoms with Crippen LogP contribution in [0.3, 0.4) is 0 Å². The van der Waals surface area contributed by atoms with Gasteiger partial charge in [0.1, 0.15) is 0 Å². The van der Waals surface area contributed by atoms with Gasteiger partial charge in [-0.25, -0.2) is 4.79 Å². The van der Waals surface area contributed by atoms with Crippen molar-refractivity contribution in [2.45, 2.75) is 89.9 Å². The van der Waals surface area contributed by atoms with Crippen molar-refractivity contribution < 1.29 is 9.90 Å². The molecule has 0 aliphatic rings. The minimum atomic E-state index is -0.875. The van der Waals surface area contributed by atoms with Crippen LogP contribution in [0.2, 0.25) is 0 Å². The van der Waals surface area contributed by atoms with Gasteiger partial charge in [0, 0.05) is 18.1 Å². The Bertz CT molecular complexity index is 476. The summed E-state index contributed by atoms with van der Waals surface area (Å²) in [5.41, 5.74) is 1.34. The number of benzene rings is 1. The quantitative estimate of drug-likeness (QED) is 0.200. The van der Waals surface area contributed by atoms with Crippen LogP contribution in [0.15, 0.2) is 24.3 Å². The maximum Gasteiger partial charge on any atom is 0.335 e. The molecule has 0 unspecified atom stereocenters. The monoisotopic (exact) mass is 395 g/mol. The third-order valence-electron chi connectivity index (χ3n) is 5.02. The van der Waals surface area contributed by atoms with Crippen molar-refractivity contribution in [1.82, 2.24) is 0 Å². The smallest absolute Gasteiger partial charge is 0.335 e. The van der Waals surface area contributed by atoms with Crippen LogP contribution >= 0.6 is 11.6 Å². The van der Waals surface area contributed by atoms with E-state index in [4.69, 9.17) is 16.7 Å². The molecule has 0 heterocycles. The summed E-state index contributed by atoms with van der Waals surface area (Å²) in [5, 5.41) is 12.2. The first kappa shape index (κ1) is 23.8. The molecule has 0 saturated carbocycles. The molecule has 1 aromatic rings. The van der Waals surface area contributed by atoms with E-state index in [1.54, 1.807) is 12.1 Å². The maximum atomic E-state index is 10.8. The summed E-state index contributed by atoms with van der Waals surface area (Å²) in [7, 11) is 0. The Hall–Kier alpha value is -1.22. The van der Waals surface area contributed by atoms with Crippen molar-refractivity contribution in [2.75, 3.05) is 17.7 Å². The molecule has 0 spiro atoms. The largest absolute Gasteiger partial charge is 0.478 e. The fourth-order valence-electron chi connectivity index (χ4n) is 3.30. The predicted octanol–water partition coefficient (Wildman–Crippen LogP) is 7.50. The van der Waals surface area contributed by atoms with Gasteiger partial charge in [-0.05, 0) is 37.1 Å². The number of hydrogen-bond acceptors (Lipinski definition) is 2. The zero-order valence-corrected chi connectivity index (χ0v) is 17.6. The van der Waals surface area contributed by atoms with Crippen LogP contribution in [0, 0.1) is 0 Å². The zero-order valence-electron chi connectivity index (χ0n) is 16.9. The van der Waals surface area contributed by atoms with Crippen LogP contribution in [0.4, 0.5) is 5.69 Å². The van der Waals surface area contributed by atoms with Crippen LogP contribution in [0.1, 0.15) is 100 Å². The van der Waals surface area contributed by atoms with Crippen LogP contribution in [0.5, 0.6) is 0 Å². The fraction of sp³-hybridized carbons (Fsp3) is 0.696. The summed E-state index contributed by atoms with van der Waals surface area (Å²) >= 11 is 5.68. The van der Waals surface area contributed by atoms with E-state index in [1.807, 2.05) is 12.1 Å². The highest BCUT2D eigenvalue weighted by molar-refractivity contribution is 6.17. The van der Waals surface area contributed by atoms with Gasteiger partial charge in [0.05, 0.1) is 5.56 Å². The highest BCUT2D eigenvalue weighted by Gasteiger charge is 2.01. The molecule has 0 bridgehead atoms. The Balaban J connectivity index is 1.81. The second-order valence-corrected chi connectivity index (χ2v) is 7.83. The van der Waals surface area contributed by atoms with E-state index in [-0.39, 0.29) is 0 Å². The van der Waals surface area contributed by atoms with E-state index >= 15 is 0 Å². The van der Waals surface area contributed by atoms with E-state index in [1.165, 1.54) is 89.9 Å². The summed E-state index contributed by atoms with van der Waals surface area (Å²) in [6.07, 6.45) is 18.7. The van der Waals surface area contributed by atoms with E-state index in [0.717, 1.165) is 18.1 Å². The van der Waals surface area contributed by atoms with Crippen molar-refractivity contribution in [2.24, 2.45) is 0 Å². The van der Waals surface area contributed by atoms with Gasteiger partial charge in [0.25, 0.3) is 0 Å². The molecule has 2 N–H and O–H groups in total. The number of carboxylic acids is 1. The van der Waals surface area contributed by atoms with Crippen LogP contribution in [0.25, 0.3) is 0 Å². The molecule has 1 rings (SSSR count). The molecular weight excluding hydrogens is 358 g/mol. The average Bonchev–Trinajstić information content (AvgIpc) is 2.68. The fourth-order valence-corrected chi connectivity index (χ4v) is 3.49. The lowest BCUT2D eigenvalue weighted by atomic mass is 10.0. The molecular formula is C23H38ClNO2. The number of carbonyl (C=O) groups is 1. The summed E-state index contributed by atoms with van der Waals surface area (Å²) in [6, 6.07) is 6.96. The second kappa shape index (κ2) is 16.9. The number of hydrogen-bond donors (Lipinski definition) is 2. The number of unbranched alkanes of at least 4 members (excludes halogenated alkanes) is 13. The molecule has 27 heavy (non-hydrogen) atoms. The molecule has 3 nitrogen and oxygen atoms in total. The van der Waals surface area contributed by atoms with E-state index in [0.29, 0.717) is 5.56 Å². The zero-order chi connectivity index (χ0) is 19.6. The minimum Gasteiger partial charge on any atom is -0.478 e. The molecule has 0 aliphatic carbocycles. The molecule has 0 aliphatic heterocycles. The van der Waals surface area contributed by atoms with Crippen LogP contribution < -0.4 is 5.32 Å². The standard InChI is InChI=1S/C23H38ClNO2/c24-19-13-11-9-7-5-3-1-2-4-6-8-10-12-14-20-25-22-17-15-21(16-18-22)23(26)27/h15-18,25H,1-14,19-20H2,(H,26,27). The Labute approximate surface area is 170 Å². The highest BCUT2D eigenvalue weighted by atomic mass is 35.5. The molecule has 0 radical (unpaired) electrons. The van der Waals surface area contributed by atoms with Gasteiger partial charge in [-0.15, -0.1) is 11.6 Å². The Morgan fingerprint density at radius 1 is 0.704 bits per heavy atom. The summed E-state index contributed by atoms with van der Waals surface area (Å²) in [4.78, 5) is 10.8. The Morgan fingerprint density at radius 3 is 1.52 bits per heavy atom. The predicted molar refractivity (Wildman–Crippen MR) is 117 cm³/mol. The number of anilines is 1. The lowest BCUT2D eigenvalue weighted by Crippen LogP contribution is -2.02. The van der Waals surface area contributed by atoms with Crippen LogP contribution in [-0.2, 0) is 0 Å². The van der Waals surface area contributed by atoms with Gasteiger partial charge in [-0.3, -0.25) is 0 Å². The van der Waals surface area contributed by atoms with Gasteiger partial charge in [0.2, 0.25) is 0 Å². The molecule has 0 aromatic heterocycles. The van der Waals surface area contributed by atoms with Gasteiger partial charge in [-0.2, -0.15) is 0 Å². The molecule has 1 aromatic carbocycles. The van der Waals surface area contributed by atoms with Crippen molar-refractivity contribution in [3.8, 4) is 0 Å². The summed E-state index contributed by atoms with van der Waals surface area (Å²) in [6.45, 7) is 0.956. The Kier molecular flexibility index (Phi) is 14.9. The molecule has 0 saturated heterocycles. The van der Waals surface area contributed by atoms with Gasteiger partial charge >= 0.3 is 5.97 Å². The minimum absolute atomic E-state index is 0.336. The maximum absolute atomic E-state index is 10.8. The lowest BCUT2D eigenvalue weighted by molar-refractivity contribution is 0.0697. The third kappa shape index (κ3) is 13.6. The first-order valence-corrected chi connectivity index (χ1v) is 11.4. The van der Waals surface area contributed by atoms with Crippen molar-refractivity contribution in [3.63, 3.8) is 0 Å². The highest BCUT2D eigenvalue weighted by Crippen LogP contribution is 2.14. The first-order valence-electron chi connectivity index (χ1n) is 10.9. The normalized spacial score (nSPS) is 10.9. The van der Waals surface area contributed by atoms with E-state index in [9.17, 15) is 4.79 Å². The van der Waals surface area contributed by atoms with E-state index in [2.05, 4.69) is 5.32 Å². The summed E-state index contributed by atoms with van der Waals surface area (Å²) in [5.74, 6) is -0.0570. The number of carboxylic acid groups (broad SMARTS) is 1. The number of nitrogens with one attached hydrogen (secondary N) is 1. The molecule has 4 heteroatoms. The number of rotatable bonds is 18. The Morgan fingerprint density at radius 2 is 1.11 bits per heavy atom. The molecule has 154 valence electrons. The van der Waals surface area contributed by atoms with E-state index < -0.39 is 5.97 Å². The molecule has 0 fully saturated rings. The van der Waals surface area contributed by atoms with Crippen LogP contribution in [-0.4, -0.2) is 23.5 Å². The molecule has 0 amide bonds. The first-order chi connectivity index (χ1) is 13.2. The number of halogens is 1.